The third-order valence-electron chi connectivity index (χ3n) is 4.41. The average molecular weight is 400 g/mol. The highest BCUT2D eigenvalue weighted by atomic mass is 35.5. The van der Waals surface area contributed by atoms with Crippen molar-refractivity contribution in [3.8, 4) is 0 Å². The van der Waals surface area contributed by atoms with Gasteiger partial charge in [-0.15, -0.1) is 0 Å². The molecule has 1 N–H and O–H groups in total. The maximum Gasteiger partial charge on any atom is 0.271 e. The summed E-state index contributed by atoms with van der Waals surface area (Å²) in [5, 5.41) is 1.10. The van der Waals surface area contributed by atoms with Gasteiger partial charge in [0, 0.05) is 6.92 Å². The van der Waals surface area contributed by atoms with Crippen LogP contribution < -0.4 is 10.3 Å². The molecule has 1 aliphatic rings. The van der Waals surface area contributed by atoms with Gasteiger partial charge < -0.3 is 0 Å². The molecule has 1 atom stereocenters. The zero-order valence-corrected chi connectivity index (χ0v) is 16.1. The molecule has 0 aromatic heterocycles. The molecule has 0 saturated carbocycles. The van der Waals surface area contributed by atoms with Crippen molar-refractivity contribution in [1.29, 1.82) is 0 Å². The summed E-state index contributed by atoms with van der Waals surface area (Å²) in [6.07, 6.45) is -0.227. The number of aryl methyl sites for hydroxylation is 1. The number of hydrazine groups is 1. The molecule has 8 heteroatoms. The van der Waals surface area contributed by atoms with Gasteiger partial charge in [-0.05, 0) is 31.2 Å². The van der Waals surface area contributed by atoms with E-state index in [0.717, 1.165) is 15.5 Å². The van der Waals surface area contributed by atoms with Gasteiger partial charge in [0.15, 0.2) is 0 Å². The van der Waals surface area contributed by atoms with E-state index in [1.807, 2.05) is 6.92 Å². The molecule has 1 aliphatic heterocycles. The number of nitrogens with zero attached hydrogens (tertiary/aromatic N) is 2. The molecule has 144 valence electrons. The number of nitrogens with one attached hydrogen (secondary N) is 1. The standard InChI is InChI=1S/C20H18ClN3O4/c1-12-7-9-14(10-8-12)23-18(26)11-17(20(23)28)24(13(2)25)22-19(27)15-5-3-4-6-16(15)21/h3-10,17H,11H2,1-2H3,(H,22,27)/t17-/m0/s1. The monoisotopic (exact) mass is 399 g/mol. The van der Waals surface area contributed by atoms with Crippen LogP contribution in [-0.4, -0.2) is 34.7 Å². The van der Waals surface area contributed by atoms with Gasteiger partial charge in [-0.1, -0.05) is 41.4 Å². The first-order valence-corrected chi connectivity index (χ1v) is 8.96. The normalized spacial score (nSPS) is 16.2. The number of imide groups is 1. The van der Waals surface area contributed by atoms with Crippen molar-refractivity contribution in [2.45, 2.75) is 26.3 Å². The van der Waals surface area contributed by atoms with Crippen LogP contribution in [0.25, 0.3) is 0 Å². The van der Waals surface area contributed by atoms with Gasteiger partial charge in [0.2, 0.25) is 11.8 Å². The third kappa shape index (κ3) is 3.75. The summed E-state index contributed by atoms with van der Waals surface area (Å²) in [5.74, 6) is -2.24. The minimum absolute atomic E-state index is 0.155. The highest BCUT2D eigenvalue weighted by Crippen LogP contribution is 2.26. The number of benzene rings is 2. The maximum atomic E-state index is 12.9. The minimum Gasteiger partial charge on any atom is -0.274 e. The van der Waals surface area contributed by atoms with Crippen molar-refractivity contribution >= 4 is 40.9 Å². The van der Waals surface area contributed by atoms with Gasteiger partial charge in [-0.25, -0.2) is 9.91 Å². The van der Waals surface area contributed by atoms with E-state index in [4.69, 9.17) is 11.6 Å². The molecular weight excluding hydrogens is 382 g/mol. The van der Waals surface area contributed by atoms with Gasteiger partial charge in [-0.3, -0.25) is 24.6 Å². The van der Waals surface area contributed by atoms with Crippen molar-refractivity contribution in [2.24, 2.45) is 0 Å². The number of hydrogen-bond donors (Lipinski definition) is 1. The predicted octanol–water partition coefficient (Wildman–Crippen LogP) is 2.47. The van der Waals surface area contributed by atoms with E-state index in [-0.39, 0.29) is 17.0 Å². The Labute approximate surface area is 166 Å². The zero-order valence-electron chi connectivity index (χ0n) is 15.3. The van der Waals surface area contributed by atoms with Crippen LogP contribution in [0.3, 0.4) is 0 Å². The molecule has 0 bridgehead atoms. The molecular formula is C20H18ClN3O4. The molecule has 0 spiro atoms. The Hall–Kier alpha value is -3.19. The Morgan fingerprint density at radius 2 is 1.75 bits per heavy atom. The van der Waals surface area contributed by atoms with Crippen LogP contribution in [0.5, 0.6) is 0 Å². The summed E-state index contributed by atoms with van der Waals surface area (Å²) >= 11 is 6.02. The Balaban J connectivity index is 1.85. The van der Waals surface area contributed by atoms with Crippen LogP contribution in [0, 0.1) is 6.92 Å². The lowest BCUT2D eigenvalue weighted by Gasteiger charge is -2.26. The fourth-order valence-corrected chi connectivity index (χ4v) is 3.20. The topological polar surface area (TPSA) is 86.8 Å². The van der Waals surface area contributed by atoms with E-state index < -0.39 is 29.7 Å². The number of hydrogen-bond acceptors (Lipinski definition) is 4. The number of carbonyl (C=O) groups excluding carboxylic acids is 4. The molecule has 0 aliphatic carbocycles. The van der Waals surface area contributed by atoms with Gasteiger partial charge in [0.1, 0.15) is 6.04 Å². The van der Waals surface area contributed by atoms with E-state index in [9.17, 15) is 19.2 Å². The summed E-state index contributed by atoms with van der Waals surface area (Å²) in [7, 11) is 0. The highest BCUT2D eigenvalue weighted by Gasteiger charge is 2.44. The molecule has 1 heterocycles. The predicted molar refractivity (Wildman–Crippen MR) is 104 cm³/mol. The number of amides is 4. The highest BCUT2D eigenvalue weighted by molar-refractivity contribution is 6.33. The quantitative estimate of drug-likeness (QED) is 0.634. The van der Waals surface area contributed by atoms with E-state index >= 15 is 0 Å². The molecule has 1 fully saturated rings. The summed E-state index contributed by atoms with van der Waals surface area (Å²) < 4.78 is 0. The Morgan fingerprint density at radius 1 is 1.11 bits per heavy atom. The second kappa shape index (κ2) is 7.82. The van der Waals surface area contributed by atoms with Crippen molar-refractivity contribution < 1.29 is 19.2 Å². The van der Waals surface area contributed by atoms with E-state index in [1.54, 1.807) is 36.4 Å². The molecule has 2 aromatic carbocycles. The molecule has 7 nitrogen and oxygen atoms in total. The Bertz CT molecular complexity index is 958. The van der Waals surface area contributed by atoms with Crippen LogP contribution >= 0.6 is 11.6 Å². The van der Waals surface area contributed by atoms with Crippen molar-refractivity contribution in [2.75, 3.05) is 4.90 Å². The van der Waals surface area contributed by atoms with Crippen LogP contribution in [-0.2, 0) is 14.4 Å². The van der Waals surface area contributed by atoms with Gasteiger partial charge in [0.25, 0.3) is 11.8 Å². The third-order valence-corrected chi connectivity index (χ3v) is 4.74. The number of rotatable bonds is 3. The van der Waals surface area contributed by atoms with Gasteiger partial charge in [0.05, 0.1) is 22.7 Å². The molecule has 1 saturated heterocycles. The fourth-order valence-electron chi connectivity index (χ4n) is 2.97. The molecule has 0 unspecified atom stereocenters. The Morgan fingerprint density at radius 3 is 2.36 bits per heavy atom. The summed E-state index contributed by atoms with van der Waals surface area (Å²) in [6.45, 7) is 3.10. The summed E-state index contributed by atoms with van der Waals surface area (Å²) in [6, 6.07) is 12.1. The first kappa shape index (κ1) is 19.6. The lowest BCUT2D eigenvalue weighted by molar-refractivity contribution is -0.139. The molecule has 0 radical (unpaired) electrons. The fraction of sp³-hybridized carbons (Fsp3) is 0.200. The lowest BCUT2D eigenvalue weighted by Crippen LogP contribution is -2.54. The maximum absolute atomic E-state index is 12.9. The molecule has 4 amide bonds. The first-order chi connectivity index (χ1) is 13.3. The van der Waals surface area contributed by atoms with Crippen LogP contribution in [0.1, 0.15) is 29.3 Å². The summed E-state index contributed by atoms with van der Waals surface area (Å²) in [5.41, 5.74) is 3.97. The van der Waals surface area contributed by atoms with E-state index in [1.165, 1.54) is 19.1 Å². The molecule has 3 rings (SSSR count). The minimum atomic E-state index is -1.13. The van der Waals surface area contributed by atoms with Crippen molar-refractivity contribution in [3.63, 3.8) is 0 Å². The first-order valence-electron chi connectivity index (χ1n) is 8.58. The average Bonchev–Trinajstić information content (AvgIpc) is 2.94. The molecule has 28 heavy (non-hydrogen) atoms. The second-order valence-electron chi connectivity index (χ2n) is 6.43. The van der Waals surface area contributed by atoms with Gasteiger partial charge in [-0.2, -0.15) is 0 Å². The Kier molecular flexibility index (Phi) is 5.46. The van der Waals surface area contributed by atoms with Crippen molar-refractivity contribution in [3.05, 3.63) is 64.7 Å². The van der Waals surface area contributed by atoms with Gasteiger partial charge >= 0.3 is 0 Å². The zero-order chi connectivity index (χ0) is 20.4. The molecule has 2 aromatic rings. The number of anilines is 1. The number of carbonyl (C=O) groups is 4. The lowest BCUT2D eigenvalue weighted by atomic mass is 10.2. The largest absolute Gasteiger partial charge is 0.274 e. The summed E-state index contributed by atoms with van der Waals surface area (Å²) in [4.78, 5) is 51.0. The SMILES string of the molecule is CC(=O)N(NC(=O)c1ccccc1Cl)[C@H]1CC(=O)N(c2ccc(C)cc2)C1=O. The smallest absolute Gasteiger partial charge is 0.271 e. The van der Waals surface area contributed by atoms with Crippen LogP contribution in [0.2, 0.25) is 5.02 Å². The number of halogens is 1. The van der Waals surface area contributed by atoms with Crippen LogP contribution in [0.4, 0.5) is 5.69 Å². The van der Waals surface area contributed by atoms with E-state index in [2.05, 4.69) is 5.43 Å². The van der Waals surface area contributed by atoms with E-state index in [0.29, 0.717) is 5.69 Å². The second-order valence-corrected chi connectivity index (χ2v) is 6.84. The van der Waals surface area contributed by atoms with Crippen LogP contribution in [0.15, 0.2) is 48.5 Å². The van der Waals surface area contributed by atoms with Crippen molar-refractivity contribution in [1.82, 2.24) is 10.4 Å².